The minimum Gasteiger partial charge on any atom is -0.393 e. The Kier molecular flexibility index (Phi) is 5.42. The number of urea groups is 1. The van der Waals surface area contributed by atoms with E-state index in [2.05, 4.69) is 15.6 Å². The topological polar surface area (TPSA) is 74.2 Å². The molecule has 0 saturated carbocycles. The lowest BCUT2D eigenvalue weighted by Crippen LogP contribution is -2.31. The maximum absolute atomic E-state index is 11.5. The van der Waals surface area contributed by atoms with E-state index in [9.17, 15) is 9.90 Å². The summed E-state index contributed by atoms with van der Waals surface area (Å²) in [6, 6.07) is 3.26. The fourth-order valence-electron chi connectivity index (χ4n) is 1.36. The third kappa shape index (κ3) is 5.31. The summed E-state index contributed by atoms with van der Waals surface area (Å²) in [5.74, 6) is 0. The van der Waals surface area contributed by atoms with Crippen LogP contribution >= 0.6 is 0 Å². The molecule has 1 atom stereocenters. The number of hydrogen-bond acceptors (Lipinski definition) is 3. The molecule has 17 heavy (non-hydrogen) atoms. The van der Waals surface area contributed by atoms with Crippen LogP contribution in [0.2, 0.25) is 0 Å². The smallest absolute Gasteiger partial charge is 0.319 e. The van der Waals surface area contributed by atoms with E-state index >= 15 is 0 Å². The maximum Gasteiger partial charge on any atom is 0.319 e. The monoisotopic (exact) mass is 237 g/mol. The molecule has 0 aromatic carbocycles. The van der Waals surface area contributed by atoms with Crippen LogP contribution in [0.25, 0.3) is 0 Å². The third-order valence-electron chi connectivity index (χ3n) is 2.39. The minimum absolute atomic E-state index is 0.265. The van der Waals surface area contributed by atoms with Crippen molar-refractivity contribution >= 4 is 11.7 Å². The standard InChI is InChI=1S/C12H19N3O2/c1-3-11(16)5-7-14-12(17)15-10-4-6-13-9(2)8-10/h4,6,8,11,16H,3,5,7H2,1-2H3,(H2,13,14,15,17). The van der Waals surface area contributed by atoms with Crippen molar-refractivity contribution in [3.8, 4) is 0 Å². The van der Waals surface area contributed by atoms with Gasteiger partial charge in [-0.3, -0.25) is 4.98 Å². The van der Waals surface area contributed by atoms with Crippen molar-refractivity contribution in [2.45, 2.75) is 32.8 Å². The summed E-state index contributed by atoms with van der Waals surface area (Å²) >= 11 is 0. The fraction of sp³-hybridized carbons (Fsp3) is 0.500. The van der Waals surface area contributed by atoms with Crippen molar-refractivity contribution in [3.05, 3.63) is 24.0 Å². The van der Waals surface area contributed by atoms with E-state index in [0.29, 0.717) is 25.1 Å². The zero-order valence-corrected chi connectivity index (χ0v) is 10.2. The van der Waals surface area contributed by atoms with Gasteiger partial charge >= 0.3 is 6.03 Å². The van der Waals surface area contributed by atoms with Crippen LogP contribution in [0.15, 0.2) is 18.3 Å². The molecular formula is C12H19N3O2. The number of anilines is 1. The van der Waals surface area contributed by atoms with Crippen molar-refractivity contribution in [3.63, 3.8) is 0 Å². The lowest BCUT2D eigenvalue weighted by molar-refractivity contribution is 0.160. The van der Waals surface area contributed by atoms with Crippen LogP contribution in [0.3, 0.4) is 0 Å². The highest BCUT2D eigenvalue weighted by Gasteiger charge is 2.04. The first-order chi connectivity index (χ1) is 8.11. The molecule has 0 aliphatic carbocycles. The largest absolute Gasteiger partial charge is 0.393 e. The molecule has 1 unspecified atom stereocenters. The molecule has 0 radical (unpaired) electrons. The van der Waals surface area contributed by atoms with Gasteiger partial charge in [0.05, 0.1) is 6.10 Å². The Hall–Kier alpha value is -1.62. The number of pyridine rings is 1. The van der Waals surface area contributed by atoms with Crippen LogP contribution in [0, 0.1) is 6.92 Å². The molecule has 5 nitrogen and oxygen atoms in total. The number of carbonyl (C=O) groups is 1. The number of aliphatic hydroxyl groups excluding tert-OH is 1. The second-order valence-corrected chi connectivity index (χ2v) is 3.92. The molecule has 1 aromatic rings. The second-order valence-electron chi connectivity index (χ2n) is 3.92. The molecular weight excluding hydrogens is 218 g/mol. The lowest BCUT2D eigenvalue weighted by atomic mass is 10.2. The number of aromatic nitrogens is 1. The number of nitrogens with one attached hydrogen (secondary N) is 2. The molecule has 3 N–H and O–H groups in total. The van der Waals surface area contributed by atoms with Gasteiger partial charge in [-0.15, -0.1) is 0 Å². The number of amides is 2. The molecule has 94 valence electrons. The first-order valence-corrected chi connectivity index (χ1v) is 5.77. The summed E-state index contributed by atoms with van der Waals surface area (Å²) < 4.78 is 0. The quantitative estimate of drug-likeness (QED) is 0.729. The summed E-state index contributed by atoms with van der Waals surface area (Å²) in [7, 11) is 0. The van der Waals surface area contributed by atoms with Crippen LogP contribution in [0.1, 0.15) is 25.5 Å². The van der Waals surface area contributed by atoms with Crippen LogP contribution in [0.4, 0.5) is 10.5 Å². The van der Waals surface area contributed by atoms with Gasteiger partial charge in [0.1, 0.15) is 0 Å². The highest BCUT2D eigenvalue weighted by atomic mass is 16.3. The van der Waals surface area contributed by atoms with Crippen LogP contribution < -0.4 is 10.6 Å². The Balaban J connectivity index is 2.30. The molecule has 0 aliphatic heterocycles. The minimum atomic E-state index is -0.349. The van der Waals surface area contributed by atoms with Crippen molar-refractivity contribution in [2.24, 2.45) is 0 Å². The van der Waals surface area contributed by atoms with Gasteiger partial charge in [-0.1, -0.05) is 6.92 Å². The third-order valence-corrected chi connectivity index (χ3v) is 2.39. The Morgan fingerprint density at radius 2 is 2.35 bits per heavy atom. The summed E-state index contributed by atoms with van der Waals surface area (Å²) in [6.45, 7) is 4.23. The highest BCUT2D eigenvalue weighted by Crippen LogP contribution is 2.06. The molecule has 0 fully saturated rings. The van der Waals surface area contributed by atoms with Gasteiger partial charge in [-0.05, 0) is 31.9 Å². The number of aryl methyl sites for hydroxylation is 1. The van der Waals surface area contributed by atoms with E-state index in [1.807, 2.05) is 13.8 Å². The predicted octanol–water partition coefficient (Wildman–Crippen LogP) is 1.67. The second kappa shape index (κ2) is 6.85. The van der Waals surface area contributed by atoms with Gasteiger partial charge in [-0.2, -0.15) is 0 Å². The lowest BCUT2D eigenvalue weighted by Gasteiger charge is -2.10. The number of nitrogens with zero attached hydrogens (tertiary/aromatic N) is 1. The van der Waals surface area contributed by atoms with E-state index in [0.717, 1.165) is 5.69 Å². The van der Waals surface area contributed by atoms with Gasteiger partial charge in [0.15, 0.2) is 0 Å². The van der Waals surface area contributed by atoms with E-state index < -0.39 is 0 Å². The van der Waals surface area contributed by atoms with E-state index in [-0.39, 0.29) is 12.1 Å². The first kappa shape index (κ1) is 13.4. The SMILES string of the molecule is CCC(O)CCNC(=O)Nc1ccnc(C)c1. The summed E-state index contributed by atoms with van der Waals surface area (Å²) in [6.07, 6.45) is 2.57. The van der Waals surface area contributed by atoms with E-state index in [1.54, 1.807) is 18.3 Å². The number of rotatable bonds is 5. The summed E-state index contributed by atoms with van der Waals surface area (Å²) in [4.78, 5) is 15.5. The average molecular weight is 237 g/mol. The Labute approximate surface area is 101 Å². The van der Waals surface area contributed by atoms with Crippen molar-refractivity contribution < 1.29 is 9.90 Å². The molecule has 2 amide bonds. The zero-order valence-electron chi connectivity index (χ0n) is 10.2. The maximum atomic E-state index is 11.5. The highest BCUT2D eigenvalue weighted by molar-refractivity contribution is 5.89. The van der Waals surface area contributed by atoms with E-state index in [4.69, 9.17) is 0 Å². The number of aliphatic hydroxyl groups is 1. The zero-order chi connectivity index (χ0) is 12.7. The van der Waals surface area contributed by atoms with Crippen molar-refractivity contribution in [1.82, 2.24) is 10.3 Å². The molecule has 0 bridgehead atoms. The molecule has 5 heteroatoms. The van der Waals surface area contributed by atoms with Gasteiger partial charge in [0.2, 0.25) is 0 Å². The Morgan fingerprint density at radius 1 is 1.59 bits per heavy atom. The molecule has 0 spiro atoms. The first-order valence-electron chi connectivity index (χ1n) is 5.77. The summed E-state index contributed by atoms with van der Waals surface area (Å²) in [5.41, 5.74) is 1.57. The normalized spacial score (nSPS) is 11.9. The average Bonchev–Trinajstić information content (AvgIpc) is 2.28. The number of carbonyl (C=O) groups excluding carboxylic acids is 1. The molecule has 1 aromatic heterocycles. The summed E-state index contributed by atoms with van der Waals surface area (Å²) in [5, 5.41) is 14.7. The molecule has 1 heterocycles. The molecule has 0 aliphatic rings. The molecule has 0 saturated heterocycles. The number of hydrogen-bond donors (Lipinski definition) is 3. The Bertz CT molecular complexity index is 369. The van der Waals surface area contributed by atoms with Crippen LogP contribution in [0.5, 0.6) is 0 Å². The van der Waals surface area contributed by atoms with Gasteiger partial charge in [0, 0.05) is 24.1 Å². The Morgan fingerprint density at radius 3 is 3.00 bits per heavy atom. The van der Waals surface area contributed by atoms with Gasteiger partial charge < -0.3 is 15.7 Å². The van der Waals surface area contributed by atoms with Crippen molar-refractivity contribution in [2.75, 3.05) is 11.9 Å². The van der Waals surface area contributed by atoms with Gasteiger partial charge in [-0.25, -0.2) is 4.79 Å². The van der Waals surface area contributed by atoms with E-state index in [1.165, 1.54) is 0 Å². The van der Waals surface area contributed by atoms with Gasteiger partial charge in [0.25, 0.3) is 0 Å². The van der Waals surface area contributed by atoms with Crippen LogP contribution in [-0.4, -0.2) is 28.8 Å². The molecule has 1 rings (SSSR count). The van der Waals surface area contributed by atoms with Crippen LogP contribution in [-0.2, 0) is 0 Å². The fourth-order valence-corrected chi connectivity index (χ4v) is 1.36. The predicted molar refractivity (Wildman–Crippen MR) is 66.9 cm³/mol. The van der Waals surface area contributed by atoms with Crippen molar-refractivity contribution in [1.29, 1.82) is 0 Å².